The molecule has 0 bridgehead atoms. The van der Waals surface area contributed by atoms with Gasteiger partial charge in [0.1, 0.15) is 11.5 Å². The number of Topliss-reactive ketones (excluding diaryl/α,β-unsaturated/α-hetero) is 1. The molecule has 0 spiro atoms. The van der Waals surface area contributed by atoms with E-state index in [-0.39, 0.29) is 11.6 Å². The van der Waals surface area contributed by atoms with Gasteiger partial charge in [-0.3, -0.25) is 4.79 Å². The van der Waals surface area contributed by atoms with Gasteiger partial charge in [0.25, 0.3) is 0 Å². The molecule has 1 aromatic carbocycles. The Morgan fingerprint density at radius 3 is 2.88 bits per heavy atom. The van der Waals surface area contributed by atoms with Crippen LogP contribution in [0.4, 0.5) is 4.39 Å². The highest BCUT2D eigenvalue weighted by molar-refractivity contribution is 7.09. The summed E-state index contributed by atoms with van der Waals surface area (Å²) in [7, 11) is 0. The molecule has 5 heteroatoms. The second-order valence-corrected chi connectivity index (χ2v) is 4.91. The van der Waals surface area contributed by atoms with Gasteiger partial charge in [-0.05, 0) is 12.1 Å². The lowest BCUT2D eigenvalue weighted by Crippen LogP contribution is -1.96. The summed E-state index contributed by atoms with van der Waals surface area (Å²) in [4.78, 5) is 15.2. The molecule has 2 nitrogen and oxygen atoms in total. The van der Waals surface area contributed by atoms with E-state index < -0.39 is 0 Å². The largest absolute Gasteiger partial charge is 0.293 e. The number of nitrogens with zero attached hydrogens (tertiary/aromatic N) is 1. The van der Waals surface area contributed by atoms with Gasteiger partial charge in [-0.25, -0.2) is 9.37 Å². The number of halogens is 2. The average Bonchev–Trinajstić information content (AvgIpc) is 2.72. The molecule has 17 heavy (non-hydrogen) atoms. The van der Waals surface area contributed by atoms with Crippen molar-refractivity contribution in [1.29, 1.82) is 0 Å². The molecular formula is C12H9ClFNOS. The molecule has 0 saturated carbocycles. The molecule has 2 rings (SSSR count). The monoisotopic (exact) mass is 269 g/mol. The molecule has 2 aromatic rings. The lowest BCUT2D eigenvalue weighted by atomic mass is 10.1. The van der Waals surface area contributed by atoms with Crippen molar-refractivity contribution in [3.8, 4) is 0 Å². The third-order valence-electron chi connectivity index (χ3n) is 2.30. The predicted octanol–water partition coefficient (Wildman–Crippen LogP) is 3.73. The summed E-state index contributed by atoms with van der Waals surface area (Å²) in [6.45, 7) is 1.45. The van der Waals surface area contributed by atoms with Crippen LogP contribution >= 0.6 is 22.9 Å². The molecule has 88 valence electrons. The van der Waals surface area contributed by atoms with E-state index in [0.717, 1.165) is 0 Å². The molecule has 0 radical (unpaired) electrons. The Morgan fingerprint density at radius 1 is 1.53 bits per heavy atom. The van der Waals surface area contributed by atoms with E-state index in [4.69, 9.17) is 11.6 Å². The van der Waals surface area contributed by atoms with Crippen molar-refractivity contribution in [3.63, 3.8) is 0 Å². The smallest absolute Gasteiger partial charge is 0.178 e. The van der Waals surface area contributed by atoms with Crippen LogP contribution in [0.25, 0.3) is 0 Å². The second-order valence-electron chi connectivity index (χ2n) is 3.56. The van der Waals surface area contributed by atoms with E-state index in [0.29, 0.717) is 27.7 Å². The molecule has 0 amide bonds. The SMILES string of the molecule is CC(=O)c1csc(Cc2c(F)cccc2Cl)n1. The fourth-order valence-corrected chi connectivity index (χ4v) is 2.48. The van der Waals surface area contributed by atoms with Crippen molar-refractivity contribution in [3.05, 3.63) is 50.7 Å². The summed E-state index contributed by atoms with van der Waals surface area (Å²) in [6.07, 6.45) is 0.309. The van der Waals surface area contributed by atoms with Crippen molar-refractivity contribution < 1.29 is 9.18 Å². The normalized spacial score (nSPS) is 10.5. The minimum Gasteiger partial charge on any atom is -0.293 e. The zero-order valence-corrected chi connectivity index (χ0v) is 10.6. The highest BCUT2D eigenvalue weighted by Gasteiger charge is 2.11. The first-order valence-electron chi connectivity index (χ1n) is 4.96. The maximum Gasteiger partial charge on any atom is 0.178 e. The maximum absolute atomic E-state index is 13.5. The van der Waals surface area contributed by atoms with Crippen molar-refractivity contribution in [1.82, 2.24) is 4.98 Å². The van der Waals surface area contributed by atoms with Crippen LogP contribution in [0.3, 0.4) is 0 Å². The molecule has 0 fully saturated rings. The standard InChI is InChI=1S/C12H9ClFNOS/c1-7(16)11-6-17-12(15-11)5-8-9(13)3-2-4-10(8)14/h2-4,6H,5H2,1H3. The van der Waals surface area contributed by atoms with E-state index in [1.807, 2.05) is 0 Å². The molecule has 0 aliphatic heterocycles. The Hall–Kier alpha value is -1.26. The predicted molar refractivity (Wildman–Crippen MR) is 66.3 cm³/mol. The summed E-state index contributed by atoms with van der Waals surface area (Å²) in [6, 6.07) is 4.56. The number of benzene rings is 1. The summed E-state index contributed by atoms with van der Waals surface area (Å²) in [5, 5.41) is 2.73. The van der Waals surface area contributed by atoms with Crippen LogP contribution < -0.4 is 0 Å². The lowest BCUT2D eigenvalue weighted by Gasteiger charge is -2.02. The van der Waals surface area contributed by atoms with Gasteiger partial charge in [0.15, 0.2) is 5.78 Å². The van der Waals surface area contributed by atoms with Crippen LogP contribution in [-0.2, 0) is 6.42 Å². The first kappa shape index (κ1) is 12.2. The molecule has 0 aliphatic rings. The molecule has 0 unspecified atom stereocenters. The number of thiazole rings is 1. The topological polar surface area (TPSA) is 30.0 Å². The summed E-state index contributed by atoms with van der Waals surface area (Å²) in [5.41, 5.74) is 0.830. The number of carbonyl (C=O) groups excluding carboxylic acids is 1. The maximum atomic E-state index is 13.5. The van der Waals surface area contributed by atoms with Gasteiger partial charge < -0.3 is 0 Å². The lowest BCUT2D eigenvalue weighted by molar-refractivity contribution is 0.101. The minimum atomic E-state index is -0.350. The second kappa shape index (κ2) is 4.94. The van der Waals surface area contributed by atoms with Crippen LogP contribution in [0.5, 0.6) is 0 Å². The van der Waals surface area contributed by atoms with E-state index in [2.05, 4.69) is 4.98 Å². The third kappa shape index (κ3) is 2.70. The molecule has 0 aliphatic carbocycles. The van der Waals surface area contributed by atoms with Gasteiger partial charge in [-0.2, -0.15) is 0 Å². The Balaban J connectivity index is 2.28. The first-order chi connectivity index (χ1) is 8.08. The van der Waals surface area contributed by atoms with Crippen LogP contribution in [0, 0.1) is 5.82 Å². The molecular weight excluding hydrogens is 261 g/mol. The Labute approximate surface area is 107 Å². The number of aromatic nitrogens is 1. The van der Waals surface area contributed by atoms with Gasteiger partial charge in [0, 0.05) is 29.3 Å². The molecule has 0 atom stereocenters. The van der Waals surface area contributed by atoms with E-state index in [9.17, 15) is 9.18 Å². The quantitative estimate of drug-likeness (QED) is 0.795. The fraction of sp³-hybridized carbons (Fsp3) is 0.167. The van der Waals surface area contributed by atoms with Crippen LogP contribution in [0.15, 0.2) is 23.6 Å². The van der Waals surface area contributed by atoms with E-state index >= 15 is 0 Å². The van der Waals surface area contributed by atoms with Gasteiger partial charge in [-0.15, -0.1) is 11.3 Å². The molecule has 0 N–H and O–H groups in total. The molecule has 0 saturated heterocycles. The fourth-order valence-electron chi connectivity index (χ4n) is 1.41. The van der Waals surface area contributed by atoms with E-state index in [1.165, 1.54) is 24.3 Å². The average molecular weight is 270 g/mol. The number of carbonyl (C=O) groups is 1. The zero-order chi connectivity index (χ0) is 12.4. The molecule has 1 heterocycles. The van der Waals surface area contributed by atoms with Crippen molar-refractivity contribution in [2.45, 2.75) is 13.3 Å². The van der Waals surface area contributed by atoms with Gasteiger partial charge >= 0.3 is 0 Å². The van der Waals surface area contributed by atoms with Crippen molar-refractivity contribution in [2.24, 2.45) is 0 Å². The van der Waals surface area contributed by atoms with Crippen molar-refractivity contribution >= 4 is 28.7 Å². The number of hydrogen-bond acceptors (Lipinski definition) is 3. The summed E-state index contributed by atoms with van der Waals surface area (Å²) < 4.78 is 13.5. The highest BCUT2D eigenvalue weighted by Crippen LogP contribution is 2.23. The van der Waals surface area contributed by atoms with Crippen molar-refractivity contribution in [2.75, 3.05) is 0 Å². The number of rotatable bonds is 3. The molecule has 1 aromatic heterocycles. The number of hydrogen-bond donors (Lipinski definition) is 0. The van der Waals surface area contributed by atoms with Crippen LogP contribution in [0.1, 0.15) is 28.0 Å². The van der Waals surface area contributed by atoms with Gasteiger partial charge in [0.2, 0.25) is 0 Å². The van der Waals surface area contributed by atoms with Crippen LogP contribution in [0.2, 0.25) is 5.02 Å². The number of ketones is 1. The highest BCUT2D eigenvalue weighted by atomic mass is 35.5. The Morgan fingerprint density at radius 2 is 2.29 bits per heavy atom. The minimum absolute atomic E-state index is 0.0906. The summed E-state index contributed by atoms with van der Waals surface area (Å²) in [5.74, 6) is -0.441. The third-order valence-corrected chi connectivity index (χ3v) is 3.51. The van der Waals surface area contributed by atoms with Gasteiger partial charge in [0.05, 0.1) is 5.01 Å². The van der Waals surface area contributed by atoms with Gasteiger partial charge in [-0.1, -0.05) is 17.7 Å². The van der Waals surface area contributed by atoms with E-state index in [1.54, 1.807) is 17.5 Å². The van der Waals surface area contributed by atoms with Crippen LogP contribution in [-0.4, -0.2) is 10.8 Å². The first-order valence-corrected chi connectivity index (χ1v) is 6.22. The Bertz CT molecular complexity index is 547. The summed E-state index contributed by atoms with van der Waals surface area (Å²) >= 11 is 7.25. The zero-order valence-electron chi connectivity index (χ0n) is 9.04. The Kier molecular flexibility index (Phi) is 3.54.